The lowest BCUT2D eigenvalue weighted by molar-refractivity contribution is 0.0929. The van der Waals surface area contributed by atoms with Crippen LogP contribution in [0.15, 0.2) is 50.4 Å². The molecule has 0 aliphatic heterocycles. The van der Waals surface area contributed by atoms with E-state index in [1.54, 1.807) is 24.3 Å². The molecule has 0 saturated heterocycles. The minimum Gasteiger partial charge on any atom is -0.494 e. The number of carbonyl (C=O) groups is 1. The third kappa shape index (κ3) is 5.13. The molecule has 0 aliphatic rings. The summed E-state index contributed by atoms with van der Waals surface area (Å²) >= 11 is 3.49. The quantitative estimate of drug-likeness (QED) is 0.342. The first-order valence-corrected chi connectivity index (χ1v) is 10.4. The summed E-state index contributed by atoms with van der Waals surface area (Å²) < 4.78 is 23.0. The molecule has 0 unspecified atom stereocenters. The molecule has 0 bridgehead atoms. The summed E-state index contributed by atoms with van der Waals surface area (Å²) in [7, 11) is 0. The summed E-state index contributed by atoms with van der Waals surface area (Å²) in [6.07, 6.45) is 1.52. The minimum atomic E-state index is -0.451. The zero-order chi connectivity index (χ0) is 21.5. The second kappa shape index (κ2) is 10.2. The summed E-state index contributed by atoms with van der Waals surface area (Å²) in [5, 5.41) is 4.82. The van der Waals surface area contributed by atoms with Crippen LogP contribution in [0.3, 0.4) is 0 Å². The van der Waals surface area contributed by atoms with Crippen molar-refractivity contribution in [2.45, 2.75) is 20.8 Å². The van der Waals surface area contributed by atoms with Gasteiger partial charge in [0.15, 0.2) is 17.3 Å². The Morgan fingerprint density at radius 2 is 1.73 bits per heavy atom. The normalized spacial score (nSPS) is 11.1. The highest BCUT2D eigenvalue weighted by molar-refractivity contribution is 9.10. The van der Waals surface area contributed by atoms with Crippen molar-refractivity contribution in [3.8, 4) is 17.2 Å². The van der Waals surface area contributed by atoms with Gasteiger partial charge in [-0.05, 0) is 73.1 Å². The standard InChI is InChI=1S/C22H23BrN2O5/c1-4-27-16-7-8-18-14(9-16)10-21(30-18)22(26)25-24-13-15-11-19(28-5-2)20(29-6-3)12-17(15)23/h7-13H,4-6H2,1-3H3,(H,25,26)/b24-13+. The van der Waals surface area contributed by atoms with Crippen LogP contribution in [-0.2, 0) is 0 Å². The number of hydrogen-bond donors (Lipinski definition) is 1. The predicted octanol–water partition coefficient (Wildman–Crippen LogP) is 5.16. The van der Waals surface area contributed by atoms with Gasteiger partial charge in [-0.25, -0.2) is 5.43 Å². The molecule has 0 aliphatic carbocycles. The number of hydrazone groups is 1. The molecule has 0 saturated carbocycles. The third-order valence-corrected chi connectivity index (χ3v) is 4.74. The molecule has 8 heteroatoms. The van der Waals surface area contributed by atoms with E-state index >= 15 is 0 Å². The lowest BCUT2D eigenvalue weighted by Crippen LogP contribution is -2.16. The maximum atomic E-state index is 12.4. The van der Waals surface area contributed by atoms with Crippen molar-refractivity contribution in [1.29, 1.82) is 0 Å². The van der Waals surface area contributed by atoms with E-state index in [0.29, 0.717) is 36.9 Å². The van der Waals surface area contributed by atoms with E-state index in [2.05, 4.69) is 26.5 Å². The zero-order valence-electron chi connectivity index (χ0n) is 17.0. The van der Waals surface area contributed by atoms with Crippen LogP contribution in [0.1, 0.15) is 36.9 Å². The number of nitrogens with one attached hydrogen (secondary N) is 1. The van der Waals surface area contributed by atoms with Gasteiger partial charge in [-0.1, -0.05) is 0 Å². The lowest BCUT2D eigenvalue weighted by Gasteiger charge is -2.12. The number of benzene rings is 2. The van der Waals surface area contributed by atoms with Crippen molar-refractivity contribution in [1.82, 2.24) is 5.43 Å². The van der Waals surface area contributed by atoms with Crippen molar-refractivity contribution in [3.63, 3.8) is 0 Å². The first-order valence-electron chi connectivity index (χ1n) is 9.64. The summed E-state index contributed by atoms with van der Waals surface area (Å²) in [6.45, 7) is 7.32. The first-order chi connectivity index (χ1) is 14.5. The van der Waals surface area contributed by atoms with Crippen LogP contribution >= 0.6 is 15.9 Å². The van der Waals surface area contributed by atoms with Crippen molar-refractivity contribution < 1.29 is 23.4 Å². The van der Waals surface area contributed by atoms with Crippen LogP contribution in [-0.4, -0.2) is 31.9 Å². The third-order valence-electron chi connectivity index (χ3n) is 4.06. The summed E-state index contributed by atoms with van der Waals surface area (Å²) in [6, 6.07) is 10.7. The van der Waals surface area contributed by atoms with Gasteiger partial charge in [-0.15, -0.1) is 0 Å². The molecule has 1 heterocycles. The number of hydrogen-bond acceptors (Lipinski definition) is 6. The second-order valence-electron chi connectivity index (χ2n) is 6.13. The minimum absolute atomic E-state index is 0.163. The van der Waals surface area contributed by atoms with Gasteiger partial charge in [0.2, 0.25) is 0 Å². The Labute approximate surface area is 183 Å². The number of fused-ring (bicyclic) bond motifs is 1. The molecule has 0 fully saturated rings. The van der Waals surface area contributed by atoms with Crippen LogP contribution in [0, 0.1) is 0 Å². The number of nitrogens with zero attached hydrogens (tertiary/aromatic N) is 1. The molecule has 1 amide bonds. The van der Waals surface area contributed by atoms with Crippen LogP contribution in [0.25, 0.3) is 11.0 Å². The van der Waals surface area contributed by atoms with Gasteiger partial charge in [0, 0.05) is 15.4 Å². The first kappa shape index (κ1) is 21.7. The Kier molecular flexibility index (Phi) is 7.35. The fraction of sp³-hybridized carbons (Fsp3) is 0.273. The number of ether oxygens (including phenoxy) is 3. The molecule has 158 valence electrons. The van der Waals surface area contributed by atoms with Crippen molar-refractivity contribution in [3.05, 3.63) is 52.2 Å². The Morgan fingerprint density at radius 3 is 2.43 bits per heavy atom. The summed E-state index contributed by atoms with van der Waals surface area (Å²) in [5.74, 6) is 1.68. The molecule has 0 radical (unpaired) electrons. The number of rotatable bonds is 9. The molecule has 0 spiro atoms. The molecule has 30 heavy (non-hydrogen) atoms. The second-order valence-corrected chi connectivity index (χ2v) is 6.98. The van der Waals surface area contributed by atoms with Gasteiger partial charge >= 0.3 is 5.91 Å². The monoisotopic (exact) mass is 474 g/mol. The van der Waals surface area contributed by atoms with Gasteiger partial charge in [0.25, 0.3) is 0 Å². The van der Waals surface area contributed by atoms with Gasteiger partial charge in [-0.3, -0.25) is 4.79 Å². The van der Waals surface area contributed by atoms with E-state index in [1.165, 1.54) is 6.21 Å². The van der Waals surface area contributed by atoms with E-state index in [1.807, 2.05) is 32.9 Å². The van der Waals surface area contributed by atoms with E-state index in [0.717, 1.165) is 21.2 Å². The Bertz CT molecular complexity index is 1060. The number of halogens is 1. The molecule has 3 rings (SSSR count). The average Bonchev–Trinajstić information content (AvgIpc) is 3.15. The SMILES string of the molecule is CCOc1ccc2oc(C(=O)N/N=C/c3cc(OCC)c(OCC)cc3Br)cc2c1. The van der Waals surface area contributed by atoms with Gasteiger partial charge in [0.05, 0.1) is 26.0 Å². The van der Waals surface area contributed by atoms with Crippen LogP contribution in [0.5, 0.6) is 17.2 Å². The van der Waals surface area contributed by atoms with E-state index < -0.39 is 5.91 Å². The largest absolute Gasteiger partial charge is 0.494 e. The number of amides is 1. The van der Waals surface area contributed by atoms with E-state index in [-0.39, 0.29) is 5.76 Å². The molecule has 1 aromatic heterocycles. The topological polar surface area (TPSA) is 82.3 Å². The van der Waals surface area contributed by atoms with Gasteiger partial charge in [0.1, 0.15) is 11.3 Å². The highest BCUT2D eigenvalue weighted by Gasteiger charge is 2.13. The molecule has 1 N–H and O–H groups in total. The van der Waals surface area contributed by atoms with E-state index in [4.69, 9.17) is 18.6 Å². The van der Waals surface area contributed by atoms with Crippen LogP contribution < -0.4 is 19.6 Å². The maximum Gasteiger partial charge on any atom is 0.307 e. The number of carbonyl (C=O) groups excluding carboxylic acids is 1. The Hall–Kier alpha value is -3.00. The predicted molar refractivity (Wildman–Crippen MR) is 119 cm³/mol. The molecule has 0 atom stereocenters. The molecular weight excluding hydrogens is 452 g/mol. The molecule has 7 nitrogen and oxygen atoms in total. The Morgan fingerprint density at radius 1 is 1.03 bits per heavy atom. The fourth-order valence-electron chi connectivity index (χ4n) is 2.79. The molecule has 2 aromatic carbocycles. The van der Waals surface area contributed by atoms with Crippen molar-refractivity contribution in [2.75, 3.05) is 19.8 Å². The van der Waals surface area contributed by atoms with Gasteiger partial charge in [-0.2, -0.15) is 5.10 Å². The van der Waals surface area contributed by atoms with Crippen molar-refractivity contribution >= 4 is 39.0 Å². The zero-order valence-corrected chi connectivity index (χ0v) is 18.6. The Balaban J connectivity index is 1.73. The van der Waals surface area contributed by atoms with Crippen molar-refractivity contribution in [2.24, 2.45) is 5.10 Å². The fourth-order valence-corrected chi connectivity index (χ4v) is 3.22. The van der Waals surface area contributed by atoms with Crippen LogP contribution in [0.2, 0.25) is 0 Å². The van der Waals surface area contributed by atoms with Crippen LogP contribution in [0.4, 0.5) is 0 Å². The lowest BCUT2D eigenvalue weighted by atomic mass is 10.2. The average molecular weight is 475 g/mol. The highest BCUT2D eigenvalue weighted by atomic mass is 79.9. The number of furan rings is 1. The summed E-state index contributed by atoms with van der Waals surface area (Å²) in [5.41, 5.74) is 3.81. The molecular formula is C22H23BrN2O5. The van der Waals surface area contributed by atoms with E-state index in [9.17, 15) is 4.79 Å². The molecule has 3 aromatic rings. The van der Waals surface area contributed by atoms with Gasteiger partial charge < -0.3 is 18.6 Å². The maximum absolute atomic E-state index is 12.4. The smallest absolute Gasteiger partial charge is 0.307 e. The highest BCUT2D eigenvalue weighted by Crippen LogP contribution is 2.33. The summed E-state index contributed by atoms with van der Waals surface area (Å²) in [4.78, 5) is 12.4.